The quantitative estimate of drug-likeness (QED) is 0.784. The minimum atomic E-state index is -0.501. The lowest BCUT2D eigenvalue weighted by molar-refractivity contribution is -0.117. The summed E-state index contributed by atoms with van der Waals surface area (Å²) >= 11 is 0. The smallest absolute Gasteiger partial charge is 0.244 e. The average Bonchev–Trinajstić information content (AvgIpc) is 2.36. The number of hydrogen-bond donors (Lipinski definition) is 2. The minimum absolute atomic E-state index is 0.143. The third kappa shape index (κ3) is 4.72. The van der Waals surface area contributed by atoms with E-state index in [0.29, 0.717) is 0 Å². The third-order valence-corrected chi connectivity index (χ3v) is 2.83. The van der Waals surface area contributed by atoms with Gasteiger partial charge in [-0.15, -0.1) is 0 Å². The van der Waals surface area contributed by atoms with Crippen molar-refractivity contribution in [1.82, 2.24) is 5.32 Å². The topological polar surface area (TPSA) is 49.3 Å². The Morgan fingerprint density at radius 2 is 1.94 bits per heavy atom. The van der Waals surface area contributed by atoms with Crippen LogP contribution >= 0.6 is 0 Å². The van der Waals surface area contributed by atoms with Crippen molar-refractivity contribution in [3.8, 4) is 0 Å². The number of nitrogens with one attached hydrogen (secondary N) is 1. The van der Waals surface area contributed by atoms with E-state index in [0.717, 1.165) is 11.1 Å². The molecule has 3 nitrogen and oxygen atoms in total. The summed E-state index contributed by atoms with van der Waals surface area (Å²) in [6.45, 7) is 6.02. The zero-order valence-corrected chi connectivity index (χ0v) is 11.2. The molecular formula is C15H21NO2. The lowest BCUT2D eigenvalue weighted by atomic mass is 10.1. The van der Waals surface area contributed by atoms with Crippen molar-refractivity contribution in [2.24, 2.45) is 5.92 Å². The van der Waals surface area contributed by atoms with Crippen LogP contribution in [0, 0.1) is 5.92 Å². The first-order valence-electron chi connectivity index (χ1n) is 6.20. The first-order valence-corrected chi connectivity index (χ1v) is 6.20. The second-order valence-electron chi connectivity index (χ2n) is 4.75. The van der Waals surface area contributed by atoms with Gasteiger partial charge in [0.25, 0.3) is 0 Å². The van der Waals surface area contributed by atoms with Gasteiger partial charge in [-0.1, -0.05) is 44.2 Å². The largest absolute Gasteiger partial charge is 0.391 e. The van der Waals surface area contributed by atoms with Gasteiger partial charge in [0.05, 0.1) is 6.10 Å². The summed E-state index contributed by atoms with van der Waals surface area (Å²) in [4.78, 5) is 11.7. The number of aliphatic hydroxyl groups is 1. The van der Waals surface area contributed by atoms with Gasteiger partial charge in [-0.2, -0.15) is 0 Å². The highest BCUT2D eigenvalue weighted by Gasteiger charge is 2.09. The molecule has 0 bridgehead atoms. The van der Waals surface area contributed by atoms with Crippen LogP contribution in [0.3, 0.4) is 0 Å². The fraction of sp³-hybridized carbons (Fsp3) is 0.400. The maximum atomic E-state index is 11.7. The lowest BCUT2D eigenvalue weighted by Gasteiger charge is -2.14. The van der Waals surface area contributed by atoms with Gasteiger partial charge in [0.15, 0.2) is 0 Å². The van der Waals surface area contributed by atoms with Crippen LogP contribution in [-0.4, -0.2) is 23.7 Å². The summed E-state index contributed by atoms with van der Waals surface area (Å²) in [5.74, 6) is -0.0273. The zero-order chi connectivity index (χ0) is 13.5. The highest BCUT2D eigenvalue weighted by molar-refractivity contribution is 5.94. The van der Waals surface area contributed by atoms with E-state index in [1.807, 2.05) is 51.1 Å². The fourth-order valence-electron chi connectivity index (χ4n) is 1.47. The molecule has 0 radical (unpaired) electrons. The molecule has 0 aromatic heterocycles. The van der Waals surface area contributed by atoms with Gasteiger partial charge in [0.2, 0.25) is 5.91 Å². The Hall–Kier alpha value is -1.61. The van der Waals surface area contributed by atoms with E-state index in [1.165, 1.54) is 0 Å². The normalized spacial score (nSPS) is 13.5. The molecule has 0 spiro atoms. The Bertz CT molecular complexity index is 410. The average molecular weight is 247 g/mol. The molecule has 0 heterocycles. The molecule has 1 atom stereocenters. The summed E-state index contributed by atoms with van der Waals surface area (Å²) in [6.07, 6.45) is 1.06. The number of carbonyl (C=O) groups is 1. The number of aliphatic hydroxyl groups excluding tert-OH is 1. The first kappa shape index (κ1) is 14.5. The molecule has 2 N–H and O–H groups in total. The van der Waals surface area contributed by atoms with Crippen LogP contribution in [0.25, 0.3) is 5.57 Å². The van der Waals surface area contributed by atoms with Crippen LogP contribution in [0.15, 0.2) is 36.4 Å². The van der Waals surface area contributed by atoms with Gasteiger partial charge in [0, 0.05) is 12.6 Å². The molecule has 18 heavy (non-hydrogen) atoms. The molecule has 1 amide bonds. The van der Waals surface area contributed by atoms with Crippen LogP contribution in [-0.2, 0) is 4.79 Å². The second-order valence-corrected chi connectivity index (χ2v) is 4.75. The van der Waals surface area contributed by atoms with Gasteiger partial charge < -0.3 is 10.4 Å². The number of carbonyl (C=O) groups excluding carboxylic acids is 1. The molecular weight excluding hydrogens is 226 g/mol. The molecule has 0 aliphatic heterocycles. The number of benzene rings is 1. The highest BCUT2D eigenvalue weighted by atomic mass is 16.3. The molecule has 0 aliphatic carbocycles. The van der Waals surface area contributed by atoms with E-state index < -0.39 is 6.10 Å². The Morgan fingerprint density at radius 3 is 2.50 bits per heavy atom. The van der Waals surface area contributed by atoms with Gasteiger partial charge >= 0.3 is 0 Å². The predicted octanol–water partition coefficient (Wildman–Crippen LogP) is 2.22. The van der Waals surface area contributed by atoms with Crippen molar-refractivity contribution < 1.29 is 9.90 Å². The van der Waals surface area contributed by atoms with E-state index in [9.17, 15) is 9.90 Å². The summed E-state index contributed by atoms with van der Waals surface area (Å²) in [6, 6.07) is 9.74. The van der Waals surface area contributed by atoms with Gasteiger partial charge in [0.1, 0.15) is 0 Å². The number of amides is 1. The summed E-state index contributed by atoms with van der Waals surface area (Å²) < 4.78 is 0. The van der Waals surface area contributed by atoms with Crippen molar-refractivity contribution in [1.29, 1.82) is 0 Å². The Kier molecular flexibility index (Phi) is 5.59. The predicted molar refractivity (Wildman–Crippen MR) is 73.9 cm³/mol. The SMILES string of the molecule is C/C(=C/C(=O)NCC(O)C(C)C)c1ccccc1. The van der Waals surface area contributed by atoms with Crippen molar-refractivity contribution in [3.63, 3.8) is 0 Å². The third-order valence-electron chi connectivity index (χ3n) is 2.83. The summed E-state index contributed by atoms with van der Waals surface area (Å²) in [5, 5.41) is 12.3. The lowest BCUT2D eigenvalue weighted by Crippen LogP contribution is -2.33. The van der Waals surface area contributed by atoms with Crippen LogP contribution in [0.1, 0.15) is 26.3 Å². The zero-order valence-electron chi connectivity index (χ0n) is 11.2. The van der Waals surface area contributed by atoms with Gasteiger partial charge in [-0.25, -0.2) is 0 Å². The van der Waals surface area contributed by atoms with Crippen LogP contribution in [0.4, 0.5) is 0 Å². The molecule has 3 heteroatoms. The van der Waals surface area contributed by atoms with E-state index in [4.69, 9.17) is 0 Å². The molecule has 1 aromatic carbocycles. The van der Waals surface area contributed by atoms with Crippen LogP contribution in [0.2, 0.25) is 0 Å². The standard InChI is InChI=1S/C15H21NO2/c1-11(2)14(17)10-16-15(18)9-12(3)13-7-5-4-6-8-13/h4-9,11,14,17H,10H2,1-3H3,(H,16,18)/b12-9-. The molecule has 0 saturated carbocycles. The van der Waals surface area contributed by atoms with Gasteiger partial charge in [-0.3, -0.25) is 4.79 Å². The van der Waals surface area contributed by atoms with Crippen molar-refractivity contribution >= 4 is 11.5 Å². The number of allylic oxidation sites excluding steroid dienone is 1. The second kappa shape index (κ2) is 6.97. The Labute approximate surface area is 109 Å². The summed E-state index contributed by atoms with van der Waals surface area (Å²) in [5.41, 5.74) is 1.93. The van der Waals surface area contributed by atoms with Crippen molar-refractivity contribution in [2.45, 2.75) is 26.9 Å². The maximum absolute atomic E-state index is 11.7. The maximum Gasteiger partial charge on any atom is 0.244 e. The first-order chi connectivity index (χ1) is 8.50. The molecule has 1 aromatic rings. The van der Waals surface area contributed by atoms with E-state index in [1.54, 1.807) is 6.08 Å². The molecule has 0 fully saturated rings. The van der Waals surface area contributed by atoms with E-state index in [-0.39, 0.29) is 18.4 Å². The number of hydrogen-bond acceptors (Lipinski definition) is 2. The van der Waals surface area contributed by atoms with E-state index in [2.05, 4.69) is 5.32 Å². The molecule has 0 aliphatic rings. The minimum Gasteiger partial charge on any atom is -0.391 e. The van der Waals surface area contributed by atoms with Crippen molar-refractivity contribution in [2.75, 3.05) is 6.54 Å². The highest BCUT2D eigenvalue weighted by Crippen LogP contribution is 2.12. The Morgan fingerprint density at radius 1 is 1.33 bits per heavy atom. The summed E-state index contributed by atoms with van der Waals surface area (Å²) in [7, 11) is 0. The van der Waals surface area contributed by atoms with Crippen LogP contribution < -0.4 is 5.32 Å². The fourth-order valence-corrected chi connectivity index (χ4v) is 1.47. The van der Waals surface area contributed by atoms with E-state index >= 15 is 0 Å². The van der Waals surface area contributed by atoms with Gasteiger partial charge in [-0.05, 0) is 24.0 Å². The van der Waals surface area contributed by atoms with Crippen LogP contribution in [0.5, 0.6) is 0 Å². The molecule has 98 valence electrons. The number of rotatable bonds is 5. The Balaban J connectivity index is 2.54. The molecule has 0 saturated heterocycles. The van der Waals surface area contributed by atoms with Crippen molar-refractivity contribution in [3.05, 3.63) is 42.0 Å². The molecule has 1 rings (SSSR count). The molecule has 1 unspecified atom stereocenters. The monoisotopic (exact) mass is 247 g/mol.